The van der Waals surface area contributed by atoms with Gasteiger partial charge in [0.25, 0.3) is 0 Å². The zero-order valence-corrected chi connectivity index (χ0v) is 11.6. The summed E-state index contributed by atoms with van der Waals surface area (Å²) in [5, 5.41) is 6.73. The summed E-state index contributed by atoms with van der Waals surface area (Å²) in [4.78, 5) is 0. The molecule has 0 amide bonds. The smallest absolute Gasteiger partial charge is 0.0962 e. The van der Waals surface area contributed by atoms with Gasteiger partial charge in [-0.15, -0.1) is 0 Å². The van der Waals surface area contributed by atoms with Crippen molar-refractivity contribution in [2.45, 2.75) is 54.1 Å². The van der Waals surface area contributed by atoms with E-state index >= 15 is 0 Å². The summed E-state index contributed by atoms with van der Waals surface area (Å²) in [6, 6.07) is 0. The summed E-state index contributed by atoms with van der Waals surface area (Å²) in [6.45, 7) is 16.5. The first kappa shape index (κ1) is 14.8. The average Bonchev–Trinajstić information content (AvgIpc) is 2.62. The highest BCUT2D eigenvalue weighted by Crippen LogP contribution is 2.17. The third-order valence-electron chi connectivity index (χ3n) is 2.28. The molecular weight excluding hydrogens is 196 g/mol. The second-order valence-electron chi connectivity index (χ2n) is 4.01. The van der Waals surface area contributed by atoms with Crippen molar-refractivity contribution < 1.29 is 0 Å². The van der Waals surface area contributed by atoms with Gasteiger partial charge in [0.2, 0.25) is 0 Å². The van der Waals surface area contributed by atoms with Crippen LogP contribution in [-0.2, 0) is 0 Å². The lowest BCUT2D eigenvalue weighted by Gasteiger charge is -2.07. The fraction of sp³-hybridized carbons (Fsp3) is 0.571. The third kappa shape index (κ3) is 4.13. The van der Waals surface area contributed by atoms with Crippen molar-refractivity contribution in [1.82, 2.24) is 10.6 Å². The van der Waals surface area contributed by atoms with Gasteiger partial charge in [0.15, 0.2) is 0 Å². The zero-order chi connectivity index (χ0) is 12.7. The minimum atomic E-state index is 0.345. The molecule has 0 spiro atoms. The topological polar surface area (TPSA) is 24.1 Å². The highest BCUT2D eigenvalue weighted by atomic mass is 15.2. The van der Waals surface area contributed by atoms with Gasteiger partial charge >= 0.3 is 0 Å². The van der Waals surface area contributed by atoms with Gasteiger partial charge < -0.3 is 10.6 Å². The van der Waals surface area contributed by atoms with Gasteiger partial charge in [-0.05, 0) is 32.8 Å². The van der Waals surface area contributed by atoms with Crippen LogP contribution in [-0.4, -0.2) is 6.17 Å². The lowest BCUT2D eigenvalue weighted by atomic mass is 10.1. The molecule has 1 aliphatic heterocycles. The molecule has 0 saturated carbocycles. The van der Waals surface area contributed by atoms with E-state index in [1.807, 2.05) is 13.8 Å². The largest absolute Gasteiger partial charge is 0.364 e. The Balaban J connectivity index is 0.00000106. The van der Waals surface area contributed by atoms with Gasteiger partial charge in [0.1, 0.15) is 0 Å². The van der Waals surface area contributed by atoms with Gasteiger partial charge in [-0.25, -0.2) is 0 Å². The molecule has 16 heavy (non-hydrogen) atoms. The van der Waals surface area contributed by atoms with E-state index in [1.54, 1.807) is 0 Å². The molecule has 2 nitrogen and oxygen atoms in total. The van der Waals surface area contributed by atoms with Crippen LogP contribution >= 0.6 is 0 Å². The molecule has 0 aromatic carbocycles. The van der Waals surface area contributed by atoms with Gasteiger partial charge in [0.05, 0.1) is 17.6 Å². The molecule has 0 bridgehead atoms. The third-order valence-corrected chi connectivity index (χ3v) is 2.28. The molecule has 2 heteroatoms. The Morgan fingerprint density at radius 2 is 1.81 bits per heavy atom. The molecule has 1 unspecified atom stereocenters. The molecule has 1 rings (SSSR count). The molecule has 2 N–H and O–H groups in total. The van der Waals surface area contributed by atoms with Gasteiger partial charge in [-0.3, -0.25) is 0 Å². The van der Waals surface area contributed by atoms with E-state index in [-0.39, 0.29) is 0 Å². The molecule has 1 saturated heterocycles. The first-order chi connectivity index (χ1) is 7.54. The molecular formula is C14H26N2. The highest BCUT2D eigenvalue weighted by Gasteiger charge is 2.19. The SMILES string of the molecule is C=C1NC(CC)N/C1=C(\C)C=C(C)C.CC. The van der Waals surface area contributed by atoms with Crippen molar-refractivity contribution in [3.05, 3.63) is 35.2 Å². The average molecular weight is 222 g/mol. The van der Waals surface area contributed by atoms with Gasteiger partial charge in [-0.2, -0.15) is 0 Å². The van der Waals surface area contributed by atoms with Crippen molar-refractivity contribution in [1.29, 1.82) is 0 Å². The van der Waals surface area contributed by atoms with Gasteiger partial charge in [-0.1, -0.05) is 39.0 Å². The second kappa shape index (κ2) is 7.15. The maximum atomic E-state index is 4.00. The number of rotatable bonds is 2. The van der Waals surface area contributed by atoms with Crippen LogP contribution in [0.1, 0.15) is 48.0 Å². The number of hydrogen-bond donors (Lipinski definition) is 2. The summed E-state index contributed by atoms with van der Waals surface area (Å²) < 4.78 is 0. The van der Waals surface area contributed by atoms with Crippen molar-refractivity contribution in [2.24, 2.45) is 0 Å². The van der Waals surface area contributed by atoms with Crippen LogP contribution in [0.15, 0.2) is 35.2 Å². The lowest BCUT2D eigenvalue weighted by Crippen LogP contribution is -2.29. The Hall–Kier alpha value is -1.18. The van der Waals surface area contributed by atoms with Crippen LogP contribution in [0.5, 0.6) is 0 Å². The Bertz CT molecular complexity index is 294. The maximum absolute atomic E-state index is 4.00. The van der Waals surface area contributed by atoms with E-state index in [1.165, 1.54) is 11.1 Å². The lowest BCUT2D eigenvalue weighted by molar-refractivity contribution is 0.556. The van der Waals surface area contributed by atoms with E-state index in [0.717, 1.165) is 17.8 Å². The number of allylic oxidation sites excluding steroid dienone is 3. The molecule has 1 fully saturated rings. The predicted octanol–water partition coefficient (Wildman–Crippen LogP) is 3.70. The molecule has 0 aliphatic carbocycles. The number of hydrogen-bond acceptors (Lipinski definition) is 2. The summed E-state index contributed by atoms with van der Waals surface area (Å²) >= 11 is 0. The zero-order valence-electron chi connectivity index (χ0n) is 11.6. The van der Waals surface area contributed by atoms with Gasteiger partial charge in [0, 0.05) is 0 Å². The van der Waals surface area contributed by atoms with Crippen molar-refractivity contribution in [3.8, 4) is 0 Å². The monoisotopic (exact) mass is 222 g/mol. The van der Waals surface area contributed by atoms with Crippen LogP contribution in [0.2, 0.25) is 0 Å². The summed E-state index contributed by atoms with van der Waals surface area (Å²) in [6.07, 6.45) is 3.58. The summed E-state index contributed by atoms with van der Waals surface area (Å²) in [5.41, 5.74) is 4.72. The second-order valence-corrected chi connectivity index (χ2v) is 4.01. The van der Waals surface area contributed by atoms with Crippen LogP contribution < -0.4 is 10.6 Å². The van der Waals surface area contributed by atoms with E-state index in [2.05, 4.69) is 51.0 Å². The molecule has 0 aromatic rings. The Kier molecular flexibility index (Phi) is 6.63. The van der Waals surface area contributed by atoms with E-state index in [9.17, 15) is 0 Å². The standard InChI is InChI=1S/C12H20N2.C2H6/c1-6-11-13-10(5)12(14-11)9(4)7-8(2)3;1-2/h7,11,13-14H,5-6H2,1-4H3;1-2H3/b12-9+;. The normalized spacial score (nSPS) is 21.4. The fourth-order valence-corrected chi connectivity index (χ4v) is 1.64. The predicted molar refractivity (Wildman–Crippen MR) is 73.0 cm³/mol. The van der Waals surface area contributed by atoms with E-state index in [0.29, 0.717) is 6.17 Å². The molecule has 1 heterocycles. The van der Waals surface area contributed by atoms with Crippen LogP contribution in [0.25, 0.3) is 0 Å². The van der Waals surface area contributed by atoms with Crippen LogP contribution in [0.3, 0.4) is 0 Å². The van der Waals surface area contributed by atoms with Crippen molar-refractivity contribution in [2.75, 3.05) is 0 Å². The fourth-order valence-electron chi connectivity index (χ4n) is 1.64. The molecule has 92 valence electrons. The first-order valence-corrected chi connectivity index (χ1v) is 6.12. The summed E-state index contributed by atoms with van der Waals surface area (Å²) in [7, 11) is 0. The minimum absolute atomic E-state index is 0.345. The quantitative estimate of drug-likeness (QED) is 0.744. The minimum Gasteiger partial charge on any atom is -0.364 e. The Labute approximate surface area is 101 Å². The molecule has 0 radical (unpaired) electrons. The van der Waals surface area contributed by atoms with Crippen molar-refractivity contribution in [3.63, 3.8) is 0 Å². The Morgan fingerprint density at radius 1 is 1.25 bits per heavy atom. The maximum Gasteiger partial charge on any atom is 0.0962 e. The summed E-state index contributed by atoms with van der Waals surface area (Å²) in [5.74, 6) is 0. The molecule has 0 aromatic heterocycles. The molecule has 1 aliphatic rings. The first-order valence-electron chi connectivity index (χ1n) is 6.12. The van der Waals surface area contributed by atoms with E-state index in [4.69, 9.17) is 0 Å². The molecule has 1 atom stereocenters. The van der Waals surface area contributed by atoms with E-state index < -0.39 is 0 Å². The van der Waals surface area contributed by atoms with Crippen LogP contribution in [0, 0.1) is 0 Å². The number of nitrogens with one attached hydrogen (secondary N) is 2. The Morgan fingerprint density at radius 3 is 2.19 bits per heavy atom. The van der Waals surface area contributed by atoms with Crippen molar-refractivity contribution >= 4 is 0 Å². The highest BCUT2D eigenvalue weighted by molar-refractivity contribution is 5.39. The van der Waals surface area contributed by atoms with Crippen LogP contribution in [0.4, 0.5) is 0 Å².